The van der Waals surface area contributed by atoms with Gasteiger partial charge in [0.15, 0.2) is 6.61 Å². The summed E-state index contributed by atoms with van der Waals surface area (Å²) in [5, 5.41) is 3.07. The average Bonchev–Trinajstić information content (AvgIpc) is 2.61. The lowest BCUT2D eigenvalue weighted by Gasteiger charge is -2.25. The predicted octanol–water partition coefficient (Wildman–Crippen LogP) is 3.43. The molecule has 0 fully saturated rings. The molecule has 1 atom stereocenters. The average molecular weight is 329 g/mol. The van der Waals surface area contributed by atoms with E-state index in [1.54, 1.807) is 19.2 Å². The van der Waals surface area contributed by atoms with Crippen LogP contribution in [-0.4, -0.2) is 25.4 Å². The topological polar surface area (TPSA) is 47.6 Å². The molecule has 5 heteroatoms. The summed E-state index contributed by atoms with van der Waals surface area (Å²) in [4.78, 5) is 13.4. The van der Waals surface area contributed by atoms with Crippen LogP contribution in [0.3, 0.4) is 0 Å². The quantitative estimate of drug-likeness (QED) is 0.913. The molecule has 0 aromatic heterocycles. The van der Waals surface area contributed by atoms with Crippen LogP contribution in [0, 0.1) is 0 Å². The normalized spacial score (nSPS) is 16.3. The predicted molar refractivity (Wildman–Crippen MR) is 91.2 cm³/mol. The van der Waals surface area contributed by atoms with E-state index in [-0.39, 0.29) is 18.6 Å². The van der Waals surface area contributed by atoms with Crippen molar-refractivity contribution < 1.29 is 14.3 Å². The van der Waals surface area contributed by atoms with Gasteiger partial charge in [-0.1, -0.05) is 18.2 Å². The van der Waals surface area contributed by atoms with E-state index in [9.17, 15) is 4.79 Å². The minimum atomic E-state index is -0.104. The van der Waals surface area contributed by atoms with Crippen molar-refractivity contribution in [3.8, 4) is 11.5 Å². The third-order valence-corrected chi connectivity index (χ3v) is 4.85. The molecule has 0 saturated carbocycles. The number of carbonyl (C=O) groups is 1. The summed E-state index contributed by atoms with van der Waals surface area (Å²) >= 11 is 1.84. The standard InChI is InChI=1S/C18H19NO3S/c1-21-13-6-8-14(9-7-13)22-12-18(20)19-16-10-11-23-17-5-3-2-4-15(16)17/h2-9,16H,10-12H2,1H3,(H,19,20)/t16-/m0/s1. The van der Waals surface area contributed by atoms with E-state index in [4.69, 9.17) is 9.47 Å². The van der Waals surface area contributed by atoms with E-state index in [0.717, 1.165) is 17.9 Å². The maximum absolute atomic E-state index is 12.1. The number of methoxy groups -OCH3 is 1. The highest BCUT2D eigenvalue weighted by Crippen LogP contribution is 2.35. The number of nitrogens with one attached hydrogen (secondary N) is 1. The van der Waals surface area contributed by atoms with Gasteiger partial charge in [-0.3, -0.25) is 4.79 Å². The second-order valence-electron chi connectivity index (χ2n) is 5.26. The Morgan fingerprint density at radius 1 is 1.17 bits per heavy atom. The zero-order valence-electron chi connectivity index (χ0n) is 13.0. The number of rotatable bonds is 5. The highest BCUT2D eigenvalue weighted by molar-refractivity contribution is 7.99. The van der Waals surface area contributed by atoms with E-state index >= 15 is 0 Å². The molecule has 0 spiro atoms. The SMILES string of the molecule is COc1ccc(OCC(=O)N[C@H]2CCSc3ccccc32)cc1. The number of thioether (sulfide) groups is 1. The fourth-order valence-electron chi connectivity index (χ4n) is 2.55. The Hall–Kier alpha value is -2.14. The van der Waals surface area contributed by atoms with Gasteiger partial charge in [0.1, 0.15) is 11.5 Å². The van der Waals surface area contributed by atoms with Gasteiger partial charge in [0.2, 0.25) is 0 Å². The Labute approximate surface area is 140 Å². The number of ether oxygens (including phenoxy) is 2. The van der Waals surface area contributed by atoms with Gasteiger partial charge in [0, 0.05) is 10.6 Å². The molecule has 1 aliphatic heterocycles. The van der Waals surface area contributed by atoms with Crippen LogP contribution in [0.5, 0.6) is 11.5 Å². The Morgan fingerprint density at radius 2 is 1.91 bits per heavy atom. The minimum absolute atomic E-state index is 0.0120. The molecule has 1 aliphatic rings. The Balaban J connectivity index is 1.55. The van der Waals surface area contributed by atoms with Crippen LogP contribution in [0.1, 0.15) is 18.0 Å². The molecule has 120 valence electrons. The molecule has 3 rings (SSSR count). The molecule has 2 aromatic rings. The Bertz CT molecular complexity index is 672. The summed E-state index contributed by atoms with van der Waals surface area (Å²) in [5.41, 5.74) is 1.20. The highest BCUT2D eigenvalue weighted by Gasteiger charge is 2.21. The molecule has 4 nitrogen and oxygen atoms in total. The van der Waals surface area contributed by atoms with Crippen molar-refractivity contribution in [3.63, 3.8) is 0 Å². The number of benzene rings is 2. The van der Waals surface area contributed by atoms with E-state index in [2.05, 4.69) is 17.4 Å². The molecular weight excluding hydrogens is 310 g/mol. The number of fused-ring (bicyclic) bond motifs is 1. The van der Waals surface area contributed by atoms with Gasteiger partial charge in [0.05, 0.1) is 13.2 Å². The molecule has 0 aliphatic carbocycles. The number of amides is 1. The molecule has 23 heavy (non-hydrogen) atoms. The van der Waals surface area contributed by atoms with Gasteiger partial charge in [-0.15, -0.1) is 11.8 Å². The van der Waals surface area contributed by atoms with E-state index in [0.29, 0.717) is 5.75 Å². The van der Waals surface area contributed by atoms with E-state index < -0.39 is 0 Å². The first-order valence-electron chi connectivity index (χ1n) is 7.54. The van der Waals surface area contributed by atoms with Crippen LogP contribution in [0.25, 0.3) is 0 Å². The maximum atomic E-state index is 12.1. The van der Waals surface area contributed by atoms with Crippen LogP contribution >= 0.6 is 11.8 Å². The molecule has 1 heterocycles. The first kappa shape index (κ1) is 15.7. The van der Waals surface area contributed by atoms with Crippen molar-refractivity contribution in [2.75, 3.05) is 19.5 Å². The van der Waals surface area contributed by atoms with Gasteiger partial charge in [0.25, 0.3) is 5.91 Å². The smallest absolute Gasteiger partial charge is 0.258 e. The van der Waals surface area contributed by atoms with Crippen LogP contribution in [-0.2, 0) is 4.79 Å². The fourth-order valence-corrected chi connectivity index (χ4v) is 3.67. The lowest BCUT2D eigenvalue weighted by molar-refractivity contribution is -0.123. The zero-order chi connectivity index (χ0) is 16.1. The Kier molecular flexibility index (Phi) is 5.08. The molecule has 0 unspecified atom stereocenters. The fraction of sp³-hybridized carbons (Fsp3) is 0.278. The monoisotopic (exact) mass is 329 g/mol. The molecule has 0 bridgehead atoms. The lowest BCUT2D eigenvalue weighted by atomic mass is 10.0. The van der Waals surface area contributed by atoms with Gasteiger partial charge < -0.3 is 14.8 Å². The van der Waals surface area contributed by atoms with Crippen molar-refractivity contribution in [1.29, 1.82) is 0 Å². The number of hydrogen-bond acceptors (Lipinski definition) is 4. The van der Waals surface area contributed by atoms with E-state index in [1.807, 2.05) is 36.0 Å². The largest absolute Gasteiger partial charge is 0.497 e. The summed E-state index contributed by atoms with van der Waals surface area (Å²) < 4.78 is 10.6. The third-order valence-electron chi connectivity index (χ3n) is 3.72. The highest BCUT2D eigenvalue weighted by atomic mass is 32.2. The molecule has 1 N–H and O–H groups in total. The van der Waals surface area contributed by atoms with Crippen molar-refractivity contribution in [2.45, 2.75) is 17.4 Å². The maximum Gasteiger partial charge on any atom is 0.258 e. The van der Waals surface area contributed by atoms with Gasteiger partial charge in [-0.2, -0.15) is 0 Å². The minimum Gasteiger partial charge on any atom is -0.497 e. The van der Waals surface area contributed by atoms with Gasteiger partial charge in [-0.25, -0.2) is 0 Å². The molecular formula is C18H19NO3S. The summed E-state index contributed by atoms with van der Waals surface area (Å²) in [7, 11) is 1.61. The van der Waals surface area contributed by atoms with Crippen molar-refractivity contribution in [2.24, 2.45) is 0 Å². The first-order chi connectivity index (χ1) is 11.3. The van der Waals surface area contributed by atoms with Crippen molar-refractivity contribution in [3.05, 3.63) is 54.1 Å². The Morgan fingerprint density at radius 3 is 2.70 bits per heavy atom. The molecule has 0 saturated heterocycles. The second kappa shape index (κ2) is 7.42. The van der Waals surface area contributed by atoms with Crippen LogP contribution in [0.2, 0.25) is 0 Å². The molecule has 0 radical (unpaired) electrons. The summed E-state index contributed by atoms with van der Waals surface area (Å²) in [5.74, 6) is 2.33. The third kappa shape index (κ3) is 3.99. The summed E-state index contributed by atoms with van der Waals surface area (Å²) in [6.07, 6.45) is 0.940. The first-order valence-corrected chi connectivity index (χ1v) is 8.53. The summed E-state index contributed by atoms with van der Waals surface area (Å²) in [6.45, 7) is 0.0120. The summed E-state index contributed by atoms with van der Waals surface area (Å²) in [6, 6.07) is 15.5. The number of hydrogen-bond donors (Lipinski definition) is 1. The van der Waals surface area contributed by atoms with Gasteiger partial charge >= 0.3 is 0 Å². The zero-order valence-corrected chi connectivity index (χ0v) is 13.8. The second-order valence-corrected chi connectivity index (χ2v) is 6.40. The van der Waals surface area contributed by atoms with Gasteiger partial charge in [-0.05, 0) is 42.3 Å². The van der Waals surface area contributed by atoms with Crippen LogP contribution in [0.4, 0.5) is 0 Å². The van der Waals surface area contributed by atoms with E-state index in [1.165, 1.54) is 10.5 Å². The molecule has 1 amide bonds. The molecule has 2 aromatic carbocycles. The number of carbonyl (C=O) groups excluding carboxylic acids is 1. The van der Waals surface area contributed by atoms with Crippen molar-refractivity contribution >= 4 is 17.7 Å². The lowest BCUT2D eigenvalue weighted by Crippen LogP contribution is -2.34. The van der Waals surface area contributed by atoms with Crippen LogP contribution in [0.15, 0.2) is 53.4 Å². The van der Waals surface area contributed by atoms with Crippen molar-refractivity contribution in [1.82, 2.24) is 5.32 Å². The van der Waals surface area contributed by atoms with Crippen LogP contribution < -0.4 is 14.8 Å².